The minimum atomic E-state index is -0.762. The number of hydrogen-bond acceptors (Lipinski definition) is 6. The zero-order chi connectivity index (χ0) is 17.9. The highest BCUT2D eigenvalue weighted by Gasteiger charge is 2.39. The van der Waals surface area contributed by atoms with Crippen molar-refractivity contribution in [2.45, 2.75) is 45.8 Å². The van der Waals surface area contributed by atoms with Crippen LogP contribution < -0.4 is 5.73 Å². The second kappa shape index (κ2) is 7.42. The Balaban J connectivity index is 0.00000100. The van der Waals surface area contributed by atoms with Crippen LogP contribution in [0.25, 0.3) is 5.57 Å². The summed E-state index contributed by atoms with van der Waals surface area (Å²) < 4.78 is 11.3. The third kappa shape index (κ3) is 3.35. The Kier molecular flexibility index (Phi) is 5.74. The first-order valence-electron chi connectivity index (χ1n) is 7.98. The summed E-state index contributed by atoms with van der Waals surface area (Å²) in [4.78, 5) is 23.5. The number of nitrogens with zero attached hydrogens (tertiary/aromatic N) is 1. The lowest BCUT2D eigenvalue weighted by molar-refractivity contribution is -0.384. The number of rotatable bonds is 3. The monoisotopic (exact) mass is 354 g/mol. The molecule has 1 fully saturated rings. The first-order chi connectivity index (χ1) is 11.4. The average molecular weight is 354 g/mol. The van der Waals surface area contributed by atoms with Gasteiger partial charge < -0.3 is 15.2 Å². The molecule has 1 aromatic rings. The normalized spacial score (nSPS) is 18.7. The highest BCUT2D eigenvalue weighted by atomic mass is 32.1. The lowest BCUT2D eigenvalue weighted by Crippen LogP contribution is -2.31. The van der Waals surface area contributed by atoms with Gasteiger partial charge in [-0.1, -0.05) is 19.9 Å². The van der Waals surface area contributed by atoms with E-state index in [1.54, 1.807) is 6.92 Å². The Labute approximate surface area is 144 Å². The smallest absolute Gasteiger partial charge is 0.300 e. The summed E-state index contributed by atoms with van der Waals surface area (Å²) in [6.07, 6.45) is 3.73. The number of carbonyl (C=O) groups is 1. The van der Waals surface area contributed by atoms with E-state index < -0.39 is 16.6 Å². The molecule has 0 saturated carbocycles. The van der Waals surface area contributed by atoms with E-state index in [1.165, 1.54) is 11.3 Å². The molecule has 0 radical (unpaired) electrons. The van der Waals surface area contributed by atoms with Crippen molar-refractivity contribution in [1.82, 2.24) is 0 Å². The number of nitro groups is 1. The number of allylic oxidation sites excluding steroid dienone is 1. The SMILES string of the molecule is CC.Cc1sc(C2=CCC3(CC2)OCCO3)c([N+](=O)[O-])c1C(N)=O. The highest BCUT2D eigenvalue weighted by Crippen LogP contribution is 2.45. The molecule has 0 bridgehead atoms. The average Bonchev–Trinajstić information content (AvgIpc) is 3.15. The molecule has 8 heteroatoms. The van der Waals surface area contributed by atoms with Crippen molar-refractivity contribution >= 4 is 28.5 Å². The zero-order valence-electron chi connectivity index (χ0n) is 14.1. The van der Waals surface area contributed by atoms with E-state index in [0.29, 0.717) is 42.2 Å². The summed E-state index contributed by atoms with van der Waals surface area (Å²) in [5, 5.41) is 11.4. The molecular weight excluding hydrogens is 332 g/mol. The van der Waals surface area contributed by atoms with Gasteiger partial charge in [0.05, 0.1) is 18.1 Å². The van der Waals surface area contributed by atoms with Crippen LogP contribution in [-0.2, 0) is 9.47 Å². The summed E-state index contributed by atoms with van der Waals surface area (Å²) in [6, 6.07) is 0. The molecule has 0 atom stereocenters. The molecule has 7 nitrogen and oxygen atoms in total. The fraction of sp³-hybridized carbons (Fsp3) is 0.562. The number of ether oxygens (including phenoxy) is 2. The van der Waals surface area contributed by atoms with Gasteiger partial charge in [0.15, 0.2) is 5.79 Å². The maximum absolute atomic E-state index is 11.5. The molecule has 1 aromatic heterocycles. The lowest BCUT2D eigenvalue weighted by atomic mass is 9.92. The van der Waals surface area contributed by atoms with Gasteiger partial charge in [-0.2, -0.15) is 0 Å². The van der Waals surface area contributed by atoms with Crippen molar-refractivity contribution in [3.8, 4) is 0 Å². The van der Waals surface area contributed by atoms with Crippen molar-refractivity contribution in [1.29, 1.82) is 0 Å². The fourth-order valence-electron chi connectivity index (χ4n) is 2.99. The van der Waals surface area contributed by atoms with E-state index in [1.807, 2.05) is 19.9 Å². The number of amides is 1. The van der Waals surface area contributed by atoms with E-state index in [0.717, 1.165) is 5.57 Å². The van der Waals surface area contributed by atoms with Crippen molar-refractivity contribution in [2.75, 3.05) is 13.2 Å². The Morgan fingerprint density at radius 2 is 2.00 bits per heavy atom. The number of hydrogen-bond donors (Lipinski definition) is 1. The van der Waals surface area contributed by atoms with Gasteiger partial charge in [-0.25, -0.2) is 0 Å². The van der Waals surface area contributed by atoms with E-state index in [4.69, 9.17) is 15.2 Å². The van der Waals surface area contributed by atoms with Gasteiger partial charge in [0.2, 0.25) is 0 Å². The standard InChI is InChI=1S/C14H16N2O5S.C2H6/c1-8-10(13(15)17)11(16(18)19)12(22-8)9-2-4-14(5-3-9)20-6-7-21-14;1-2/h2H,3-7H2,1H3,(H2,15,17);1-2H3. The molecule has 1 amide bonds. The molecule has 3 rings (SSSR count). The van der Waals surface area contributed by atoms with E-state index >= 15 is 0 Å². The molecule has 2 aliphatic rings. The van der Waals surface area contributed by atoms with Crippen molar-refractivity contribution in [2.24, 2.45) is 5.73 Å². The maximum Gasteiger partial charge on any atom is 0.300 e. The minimum Gasteiger partial charge on any atom is -0.365 e. The number of thiophene rings is 1. The number of aryl methyl sites for hydroxylation is 1. The first-order valence-corrected chi connectivity index (χ1v) is 8.80. The van der Waals surface area contributed by atoms with Crippen molar-refractivity contribution < 1.29 is 19.2 Å². The van der Waals surface area contributed by atoms with Gasteiger partial charge in [0.25, 0.3) is 5.91 Å². The molecule has 0 unspecified atom stereocenters. The zero-order valence-corrected chi connectivity index (χ0v) is 14.9. The number of nitrogens with two attached hydrogens (primary N) is 1. The van der Waals surface area contributed by atoms with Gasteiger partial charge >= 0.3 is 5.69 Å². The summed E-state index contributed by atoms with van der Waals surface area (Å²) in [5.74, 6) is -1.33. The number of carbonyl (C=O) groups excluding carboxylic acids is 1. The predicted molar refractivity (Wildman–Crippen MR) is 92.0 cm³/mol. The van der Waals surface area contributed by atoms with Gasteiger partial charge in [0.1, 0.15) is 10.4 Å². The third-order valence-corrected chi connectivity index (χ3v) is 5.20. The molecule has 132 valence electrons. The molecule has 1 aliphatic heterocycles. The van der Waals surface area contributed by atoms with Crippen LogP contribution in [0.2, 0.25) is 0 Å². The first kappa shape index (κ1) is 18.6. The van der Waals surface area contributed by atoms with Crippen LogP contribution in [0.4, 0.5) is 5.69 Å². The lowest BCUT2D eigenvalue weighted by Gasteiger charge is -2.30. The van der Waals surface area contributed by atoms with Crippen LogP contribution >= 0.6 is 11.3 Å². The van der Waals surface area contributed by atoms with E-state index in [9.17, 15) is 14.9 Å². The number of primary amides is 1. The Morgan fingerprint density at radius 1 is 1.38 bits per heavy atom. The Morgan fingerprint density at radius 3 is 2.46 bits per heavy atom. The van der Waals surface area contributed by atoms with Crippen LogP contribution in [0.3, 0.4) is 0 Å². The van der Waals surface area contributed by atoms with Crippen molar-refractivity contribution in [3.05, 3.63) is 31.5 Å². The quantitative estimate of drug-likeness (QED) is 0.661. The van der Waals surface area contributed by atoms with Gasteiger partial charge in [-0.05, 0) is 18.9 Å². The van der Waals surface area contributed by atoms with Crippen LogP contribution in [0.15, 0.2) is 6.08 Å². The maximum atomic E-state index is 11.5. The fourth-order valence-corrected chi connectivity index (χ4v) is 4.18. The van der Waals surface area contributed by atoms with Crippen LogP contribution in [0.1, 0.15) is 53.2 Å². The summed E-state index contributed by atoms with van der Waals surface area (Å²) in [6.45, 7) is 6.83. The topological polar surface area (TPSA) is 105 Å². The molecule has 2 N–H and O–H groups in total. The predicted octanol–water partition coefficient (Wildman–Crippen LogP) is 3.40. The molecular formula is C16H22N2O5S. The molecule has 1 spiro atoms. The van der Waals surface area contributed by atoms with Crippen LogP contribution in [0.5, 0.6) is 0 Å². The molecule has 1 saturated heterocycles. The molecule has 2 heterocycles. The molecule has 24 heavy (non-hydrogen) atoms. The highest BCUT2D eigenvalue weighted by molar-refractivity contribution is 7.14. The summed E-state index contributed by atoms with van der Waals surface area (Å²) in [7, 11) is 0. The molecule has 0 aromatic carbocycles. The Hall–Kier alpha value is -1.77. The second-order valence-electron chi connectivity index (χ2n) is 5.37. The third-order valence-electron chi connectivity index (χ3n) is 4.03. The minimum absolute atomic E-state index is 0.0135. The summed E-state index contributed by atoms with van der Waals surface area (Å²) in [5.41, 5.74) is 5.99. The van der Waals surface area contributed by atoms with Crippen LogP contribution in [-0.4, -0.2) is 29.8 Å². The molecule has 1 aliphatic carbocycles. The van der Waals surface area contributed by atoms with Gasteiger partial charge in [-0.15, -0.1) is 11.3 Å². The van der Waals surface area contributed by atoms with Crippen LogP contribution in [0, 0.1) is 17.0 Å². The van der Waals surface area contributed by atoms with E-state index in [2.05, 4.69) is 0 Å². The summed E-state index contributed by atoms with van der Waals surface area (Å²) >= 11 is 1.24. The van der Waals surface area contributed by atoms with E-state index in [-0.39, 0.29) is 11.3 Å². The van der Waals surface area contributed by atoms with Gasteiger partial charge in [-0.3, -0.25) is 14.9 Å². The largest absolute Gasteiger partial charge is 0.365 e. The Bertz CT molecular complexity index is 674. The van der Waals surface area contributed by atoms with Gasteiger partial charge in [0, 0.05) is 17.7 Å². The van der Waals surface area contributed by atoms with Crippen molar-refractivity contribution in [3.63, 3.8) is 0 Å². The second-order valence-corrected chi connectivity index (χ2v) is 6.60.